The van der Waals surface area contributed by atoms with Crippen LogP contribution in [0.2, 0.25) is 0 Å². The molecule has 1 atom stereocenters. The van der Waals surface area contributed by atoms with Gasteiger partial charge in [0.05, 0.1) is 0 Å². The normalized spacial score (nSPS) is 13.9. The Morgan fingerprint density at radius 2 is 1.86 bits per heavy atom. The van der Waals surface area contributed by atoms with Crippen molar-refractivity contribution in [3.63, 3.8) is 0 Å². The van der Waals surface area contributed by atoms with Crippen LogP contribution in [0.5, 0.6) is 0 Å². The van der Waals surface area contributed by atoms with Crippen LogP contribution in [0.3, 0.4) is 0 Å². The molecular formula is C12H28N2. The van der Waals surface area contributed by atoms with Crippen LogP contribution in [0, 0.1) is 5.92 Å². The Labute approximate surface area is 89.9 Å². The smallest absolute Gasteiger partial charge is 0.00387 e. The number of hydrogen-bond acceptors (Lipinski definition) is 2. The molecule has 0 radical (unpaired) electrons. The minimum Gasteiger partial charge on any atom is -0.330 e. The summed E-state index contributed by atoms with van der Waals surface area (Å²) in [5.41, 5.74) is 5.51. The molecule has 0 heterocycles. The summed E-state index contributed by atoms with van der Waals surface area (Å²) in [6.07, 6.45) is 3.68. The van der Waals surface area contributed by atoms with Gasteiger partial charge in [-0.3, -0.25) is 0 Å². The molecule has 0 amide bonds. The van der Waals surface area contributed by atoms with Gasteiger partial charge in [-0.25, -0.2) is 0 Å². The molecule has 2 heteroatoms. The Balaban J connectivity index is 3.77. The summed E-state index contributed by atoms with van der Waals surface area (Å²) in [4.78, 5) is 2.57. The van der Waals surface area contributed by atoms with Crippen molar-refractivity contribution in [2.75, 3.05) is 19.6 Å². The molecule has 0 aliphatic carbocycles. The van der Waals surface area contributed by atoms with Crippen molar-refractivity contribution < 1.29 is 0 Å². The second-order valence-corrected chi connectivity index (χ2v) is 4.62. The van der Waals surface area contributed by atoms with Crippen molar-refractivity contribution in [3.05, 3.63) is 0 Å². The highest BCUT2D eigenvalue weighted by Gasteiger charge is 2.11. The van der Waals surface area contributed by atoms with Crippen molar-refractivity contribution in [2.24, 2.45) is 11.7 Å². The van der Waals surface area contributed by atoms with Crippen LogP contribution in [-0.4, -0.2) is 30.6 Å². The highest BCUT2D eigenvalue weighted by molar-refractivity contribution is 4.66. The Hall–Kier alpha value is -0.0800. The van der Waals surface area contributed by atoms with Crippen LogP contribution in [0.25, 0.3) is 0 Å². The van der Waals surface area contributed by atoms with Crippen molar-refractivity contribution in [3.8, 4) is 0 Å². The summed E-state index contributed by atoms with van der Waals surface area (Å²) in [5.74, 6) is 0.785. The van der Waals surface area contributed by atoms with Gasteiger partial charge in [-0.1, -0.05) is 13.8 Å². The van der Waals surface area contributed by atoms with E-state index in [2.05, 4.69) is 32.6 Å². The van der Waals surface area contributed by atoms with Crippen LogP contribution in [0.1, 0.15) is 47.0 Å². The number of nitrogens with two attached hydrogens (primary N) is 1. The first kappa shape index (κ1) is 13.9. The third-order valence-electron chi connectivity index (χ3n) is 2.69. The monoisotopic (exact) mass is 200 g/mol. The fourth-order valence-electron chi connectivity index (χ4n) is 1.81. The van der Waals surface area contributed by atoms with E-state index in [1.54, 1.807) is 0 Å². The Morgan fingerprint density at radius 3 is 2.29 bits per heavy atom. The lowest BCUT2D eigenvalue weighted by atomic mass is 10.0. The van der Waals surface area contributed by atoms with E-state index in [1.165, 1.54) is 32.4 Å². The Kier molecular flexibility index (Phi) is 8.20. The zero-order valence-corrected chi connectivity index (χ0v) is 10.4. The molecule has 0 aliphatic rings. The summed E-state index contributed by atoms with van der Waals surface area (Å²) in [6.45, 7) is 12.4. The van der Waals surface area contributed by atoms with Gasteiger partial charge in [0.15, 0.2) is 0 Å². The molecule has 0 aromatic rings. The van der Waals surface area contributed by atoms with Gasteiger partial charge in [0.1, 0.15) is 0 Å². The van der Waals surface area contributed by atoms with Crippen LogP contribution in [0.15, 0.2) is 0 Å². The molecular weight excluding hydrogens is 172 g/mol. The van der Waals surface area contributed by atoms with Gasteiger partial charge in [0.2, 0.25) is 0 Å². The van der Waals surface area contributed by atoms with Crippen LogP contribution < -0.4 is 5.73 Å². The van der Waals surface area contributed by atoms with E-state index in [-0.39, 0.29) is 0 Å². The van der Waals surface area contributed by atoms with Crippen LogP contribution in [0.4, 0.5) is 0 Å². The molecule has 0 aliphatic heterocycles. The largest absolute Gasteiger partial charge is 0.330 e. The molecule has 0 aromatic heterocycles. The summed E-state index contributed by atoms with van der Waals surface area (Å²) in [6, 6.07) is 0.676. The number of rotatable bonds is 8. The first-order valence-corrected chi connectivity index (χ1v) is 6.05. The fourth-order valence-corrected chi connectivity index (χ4v) is 1.81. The maximum atomic E-state index is 5.51. The molecule has 0 saturated carbocycles. The van der Waals surface area contributed by atoms with Crippen molar-refractivity contribution in [1.82, 2.24) is 4.90 Å². The first-order valence-electron chi connectivity index (χ1n) is 6.05. The summed E-state index contributed by atoms with van der Waals surface area (Å²) >= 11 is 0. The van der Waals surface area contributed by atoms with E-state index >= 15 is 0 Å². The second-order valence-electron chi connectivity index (χ2n) is 4.62. The minimum absolute atomic E-state index is 0.676. The molecule has 0 bridgehead atoms. The van der Waals surface area contributed by atoms with Gasteiger partial charge in [-0.2, -0.15) is 0 Å². The maximum absolute atomic E-state index is 5.51. The highest BCUT2D eigenvalue weighted by atomic mass is 15.1. The number of hydrogen-bond donors (Lipinski definition) is 1. The Morgan fingerprint density at radius 1 is 1.21 bits per heavy atom. The average Bonchev–Trinajstić information content (AvgIpc) is 2.14. The highest BCUT2D eigenvalue weighted by Crippen LogP contribution is 2.10. The van der Waals surface area contributed by atoms with E-state index in [1.807, 2.05) is 0 Å². The van der Waals surface area contributed by atoms with Gasteiger partial charge >= 0.3 is 0 Å². The molecule has 1 unspecified atom stereocenters. The maximum Gasteiger partial charge on any atom is 0.00387 e. The summed E-state index contributed by atoms with van der Waals surface area (Å²) < 4.78 is 0. The molecule has 86 valence electrons. The van der Waals surface area contributed by atoms with Crippen molar-refractivity contribution in [1.29, 1.82) is 0 Å². The molecule has 14 heavy (non-hydrogen) atoms. The lowest BCUT2D eigenvalue weighted by Gasteiger charge is -2.28. The predicted octanol–water partition coefficient (Wildman–Crippen LogP) is 2.48. The zero-order valence-electron chi connectivity index (χ0n) is 10.4. The van der Waals surface area contributed by atoms with Gasteiger partial charge in [0.25, 0.3) is 0 Å². The van der Waals surface area contributed by atoms with E-state index < -0.39 is 0 Å². The number of nitrogens with zero attached hydrogens (tertiary/aromatic N) is 1. The average molecular weight is 200 g/mol. The predicted molar refractivity (Wildman–Crippen MR) is 64.5 cm³/mol. The zero-order chi connectivity index (χ0) is 11.0. The summed E-state index contributed by atoms with van der Waals surface area (Å²) in [5, 5.41) is 0. The molecule has 2 N–H and O–H groups in total. The van der Waals surface area contributed by atoms with Crippen molar-refractivity contribution >= 4 is 0 Å². The molecule has 2 nitrogen and oxygen atoms in total. The quantitative estimate of drug-likeness (QED) is 0.652. The van der Waals surface area contributed by atoms with Gasteiger partial charge in [0, 0.05) is 12.6 Å². The Bertz CT molecular complexity index is 123. The van der Waals surface area contributed by atoms with Crippen LogP contribution >= 0.6 is 0 Å². The van der Waals surface area contributed by atoms with E-state index in [0.29, 0.717) is 6.04 Å². The standard InChI is InChI=1S/C12H28N2/c1-5-9-14(11(2)3)10-12(4)7-6-8-13/h11-12H,5-10,13H2,1-4H3. The minimum atomic E-state index is 0.676. The first-order chi connectivity index (χ1) is 6.61. The summed E-state index contributed by atoms with van der Waals surface area (Å²) in [7, 11) is 0. The topological polar surface area (TPSA) is 29.3 Å². The van der Waals surface area contributed by atoms with Crippen molar-refractivity contribution in [2.45, 2.75) is 53.0 Å². The third kappa shape index (κ3) is 6.39. The van der Waals surface area contributed by atoms with Gasteiger partial charge < -0.3 is 10.6 Å². The molecule has 0 fully saturated rings. The third-order valence-corrected chi connectivity index (χ3v) is 2.69. The SMILES string of the molecule is CCCN(CC(C)CCCN)C(C)C. The second kappa shape index (κ2) is 8.25. The molecule has 0 rings (SSSR count). The van der Waals surface area contributed by atoms with E-state index in [9.17, 15) is 0 Å². The molecule has 0 spiro atoms. The lowest BCUT2D eigenvalue weighted by molar-refractivity contribution is 0.188. The lowest BCUT2D eigenvalue weighted by Crippen LogP contribution is -2.35. The molecule has 0 saturated heterocycles. The van der Waals surface area contributed by atoms with E-state index in [4.69, 9.17) is 5.73 Å². The fraction of sp³-hybridized carbons (Fsp3) is 1.00. The van der Waals surface area contributed by atoms with Gasteiger partial charge in [-0.05, 0) is 52.1 Å². The molecule has 0 aromatic carbocycles. The van der Waals surface area contributed by atoms with Crippen LogP contribution in [-0.2, 0) is 0 Å². The van der Waals surface area contributed by atoms with Gasteiger partial charge in [-0.15, -0.1) is 0 Å². The van der Waals surface area contributed by atoms with E-state index in [0.717, 1.165) is 12.5 Å².